The first-order valence-electron chi connectivity index (χ1n) is 8.77. The molecule has 1 aromatic carbocycles. The van der Waals surface area contributed by atoms with Gasteiger partial charge in [0.1, 0.15) is 0 Å². The topological polar surface area (TPSA) is 58.6 Å². The molecule has 2 aliphatic heterocycles. The van der Waals surface area contributed by atoms with E-state index < -0.39 is 0 Å². The molecule has 0 radical (unpaired) electrons. The third kappa shape index (κ3) is 3.04. The molecule has 0 saturated carbocycles. The van der Waals surface area contributed by atoms with Crippen LogP contribution in [-0.2, 0) is 11.2 Å². The third-order valence-electron chi connectivity index (χ3n) is 5.11. The van der Waals surface area contributed by atoms with E-state index in [2.05, 4.69) is 27.0 Å². The van der Waals surface area contributed by atoms with Gasteiger partial charge in [-0.3, -0.25) is 4.79 Å². The molecular weight excluding hydrogens is 316 g/mol. The zero-order valence-electron chi connectivity index (χ0n) is 14.4. The minimum absolute atomic E-state index is 0.0769. The number of para-hydroxylation sites is 1. The summed E-state index contributed by atoms with van der Waals surface area (Å²) in [5.74, 6) is 1.58. The van der Waals surface area contributed by atoms with Crippen LogP contribution in [0.15, 0.2) is 36.5 Å². The molecule has 25 heavy (non-hydrogen) atoms. The number of piperidine rings is 1. The number of ether oxygens (including phenoxy) is 1. The van der Waals surface area contributed by atoms with Gasteiger partial charge >= 0.3 is 0 Å². The summed E-state index contributed by atoms with van der Waals surface area (Å²) in [6.45, 7) is 2.38. The van der Waals surface area contributed by atoms with Crippen molar-refractivity contribution in [1.82, 2.24) is 9.97 Å². The highest BCUT2D eigenvalue weighted by Gasteiger charge is 2.32. The van der Waals surface area contributed by atoms with Crippen LogP contribution < -0.4 is 14.5 Å². The maximum atomic E-state index is 13.0. The number of fused-ring (bicyclic) bond motifs is 1. The molecule has 0 aliphatic carbocycles. The molecule has 130 valence electrons. The first-order chi connectivity index (χ1) is 12.3. The average Bonchev–Trinajstić information content (AvgIpc) is 3.12. The van der Waals surface area contributed by atoms with Gasteiger partial charge in [0.15, 0.2) is 0 Å². The highest BCUT2D eigenvalue weighted by Crippen LogP contribution is 2.31. The second kappa shape index (κ2) is 6.70. The van der Waals surface area contributed by atoms with Gasteiger partial charge < -0.3 is 14.5 Å². The van der Waals surface area contributed by atoms with E-state index in [1.165, 1.54) is 5.56 Å². The van der Waals surface area contributed by atoms with Gasteiger partial charge in [-0.1, -0.05) is 18.2 Å². The quantitative estimate of drug-likeness (QED) is 0.859. The number of anilines is 2. The van der Waals surface area contributed by atoms with Crippen LogP contribution in [0.3, 0.4) is 0 Å². The fraction of sp³-hybridized carbons (Fsp3) is 0.421. The number of benzene rings is 1. The molecule has 1 fully saturated rings. The van der Waals surface area contributed by atoms with Crippen LogP contribution >= 0.6 is 0 Å². The van der Waals surface area contributed by atoms with Gasteiger partial charge in [-0.25, -0.2) is 4.98 Å². The van der Waals surface area contributed by atoms with E-state index >= 15 is 0 Å². The van der Waals surface area contributed by atoms with E-state index in [0.29, 0.717) is 11.8 Å². The molecule has 1 saturated heterocycles. The van der Waals surface area contributed by atoms with Crippen molar-refractivity contribution in [2.45, 2.75) is 19.3 Å². The molecule has 2 aromatic rings. The first kappa shape index (κ1) is 15.9. The Labute approximate surface area is 147 Å². The van der Waals surface area contributed by atoms with Gasteiger partial charge in [-0.05, 0) is 30.9 Å². The SMILES string of the molecule is COc1ccnc(N2CCC(C(=O)N3CCc4ccccc43)CC2)n1. The van der Waals surface area contributed by atoms with E-state index in [9.17, 15) is 4.79 Å². The molecule has 6 nitrogen and oxygen atoms in total. The minimum Gasteiger partial charge on any atom is -0.481 e. The van der Waals surface area contributed by atoms with Crippen molar-refractivity contribution >= 4 is 17.5 Å². The van der Waals surface area contributed by atoms with Crippen molar-refractivity contribution in [3.63, 3.8) is 0 Å². The Balaban J connectivity index is 1.41. The number of rotatable bonds is 3. The lowest BCUT2D eigenvalue weighted by molar-refractivity contribution is -0.122. The molecule has 6 heteroatoms. The van der Waals surface area contributed by atoms with Gasteiger partial charge in [0.05, 0.1) is 7.11 Å². The fourth-order valence-electron chi connectivity index (χ4n) is 3.71. The van der Waals surface area contributed by atoms with Crippen LogP contribution in [0.4, 0.5) is 11.6 Å². The second-order valence-corrected chi connectivity index (χ2v) is 6.53. The Morgan fingerprint density at radius 1 is 1.16 bits per heavy atom. The second-order valence-electron chi connectivity index (χ2n) is 6.53. The van der Waals surface area contributed by atoms with E-state index in [-0.39, 0.29) is 11.8 Å². The van der Waals surface area contributed by atoms with Gasteiger partial charge in [0.25, 0.3) is 0 Å². The van der Waals surface area contributed by atoms with Gasteiger partial charge in [-0.2, -0.15) is 4.98 Å². The highest BCUT2D eigenvalue weighted by molar-refractivity contribution is 5.97. The molecule has 0 unspecified atom stereocenters. The van der Waals surface area contributed by atoms with Crippen LogP contribution in [0, 0.1) is 5.92 Å². The average molecular weight is 338 g/mol. The number of aromatic nitrogens is 2. The molecular formula is C19H22N4O2. The molecule has 1 amide bonds. The lowest BCUT2D eigenvalue weighted by Crippen LogP contribution is -2.42. The summed E-state index contributed by atoms with van der Waals surface area (Å²) in [6.07, 6.45) is 4.33. The summed E-state index contributed by atoms with van der Waals surface area (Å²) >= 11 is 0. The number of nitrogens with zero attached hydrogens (tertiary/aromatic N) is 4. The smallest absolute Gasteiger partial charge is 0.230 e. The monoisotopic (exact) mass is 338 g/mol. The summed E-state index contributed by atoms with van der Waals surface area (Å²) < 4.78 is 5.17. The Morgan fingerprint density at radius 2 is 1.96 bits per heavy atom. The van der Waals surface area contributed by atoms with Gasteiger partial charge in [0.2, 0.25) is 17.7 Å². The van der Waals surface area contributed by atoms with E-state index in [1.807, 2.05) is 17.0 Å². The molecule has 0 atom stereocenters. The molecule has 3 heterocycles. The zero-order valence-corrected chi connectivity index (χ0v) is 14.4. The first-order valence-corrected chi connectivity index (χ1v) is 8.77. The van der Waals surface area contributed by atoms with Crippen molar-refractivity contribution < 1.29 is 9.53 Å². The summed E-state index contributed by atoms with van der Waals surface area (Å²) in [6, 6.07) is 9.96. The number of carbonyl (C=O) groups is 1. The van der Waals surface area contributed by atoms with Crippen molar-refractivity contribution in [2.75, 3.05) is 36.5 Å². The predicted molar refractivity (Wildman–Crippen MR) is 96.0 cm³/mol. The summed E-state index contributed by atoms with van der Waals surface area (Å²) in [5, 5.41) is 0. The number of hydrogen-bond acceptors (Lipinski definition) is 5. The number of amides is 1. The summed E-state index contributed by atoms with van der Waals surface area (Å²) in [4.78, 5) is 25.8. The Hall–Kier alpha value is -2.63. The van der Waals surface area contributed by atoms with Crippen molar-refractivity contribution in [1.29, 1.82) is 0 Å². The molecule has 0 spiro atoms. The number of carbonyl (C=O) groups excluding carboxylic acids is 1. The van der Waals surface area contributed by atoms with Crippen LogP contribution in [-0.4, -0.2) is 42.6 Å². The maximum absolute atomic E-state index is 13.0. The van der Waals surface area contributed by atoms with Gasteiger partial charge in [0, 0.05) is 43.5 Å². The normalized spacial score (nSPS) is 17.5. The van der Waals surface area contributed by atoms with Crippen molar-refractivity contribution in [3.8, 4) is 5.88 Å². The molecule has 1 aromatic heterocycles. The standard InChI is InChI=1S/C19H22N4O2/c1-25-17-6-10-20-19(21-17)22-11-7-15(8-12-22)18(24)23-13-9-14-4-2-3-5-16(14)23/h2-6,10,15H,7-9,11-13H2,1H3. The number of hydrogen-bond donors (Lipinski definition) is 0. The predicted octanol–water partition coefficient (Wildman–Crippen LogP) is 2.29. The molecule has 0 N–H and O–H groups in total. The Morgan fingerprint density at radius 3 is 2.76 bits per heavy atom. The summed E-state index contributed by atoms with van der Waals surface area (Å²) in [7, 11) is 1.60. The van der Waals surface area contributed by atoms with Crippen molar-refractivity contribution in [2.24, 2.45) is 5.92 Å². The minimum atomic E-state index is 0.0769. The van der Waals surface area contributed by atoms with E-state index in [4.69, 9.17) is 4.74 Å². The van der Waals surface area contributed by atoms with E-state index in [1.54, 1.807) is 19.4 Å². The molecule has 2 aliphatic rings. The molecule has 0 bridgehead atoms. The Bertz CT molecular complexity index is 772. The maximum Gasteiger partial charge on any atom is 0.230 e. The van der Waals surface area contributed by atoms with Crippen LogP contribution in [0.2, 0.25) is 0 Å². The van der Waals surface area contributed by atoms with E-state index in [0.717, 1.165) is 44.6 Å². The van der Waals surface area contributed by atoms with Crippen LogP contribution in [0.25, 0.3) is 0 Å². The molecule has 4 rings (SSSR count). The van der Waals surface area contributed by atoms with Crippen LogP contribution in [0.5, 0.6) is 5.88 Å². The lowest BCUT2D eigenvalue weighted by Gasteiger charge is -2.33. The fourth-order valence-corrected chi connectivity index (χ4v) is 3.71. The highest BCUT2D eigenvalue weighted by atomic mass is 16.5. The van der Waals surface area contributed by atoms with Crippen LogP contribution in [0.1, 0.15) is 18.4 Å². The lowest BCUT2D eigenvalue weighted by atomic mass is 9.95. The van der Waals surface area contributed by atoms with Crippen molar-refractivity contribution in [3.05, 3.63) is 42.1 Å². The Kier molecular flexibility index (Phi) is 4.26. The summed E-state index contributed by atoms with van der Waals surface area (Å²) in [5.41, 5.74) is 2.36. The third-order valence-corrected chi connectivity index (χ3v) is 5.11. The zero-order chi connectivity index (χ0) is 17.2. The largest absolute Gasteiger partial charge is 0.481 e. The van der Waals surface area contributed by atoms with Gasteiger partial charge in [-0.15, -0.1) is 0 Å². The number of methoxy groups -OCH3 is 1.